The SMILES string of the molecule is COc1ccc(OC2CC2)c(C)c1. The zero-order valence-corrected chi connectivity index (χ0v) is 8.04. The summed E-state index contributed by atoms with van der Waals surface area (Å²) in [5.41, 5.74) is 1.14. The monoisotopic (exact) mass is 178 g/mol. The minimum absolute atomic E-state index is 0.465. The third-order valence-corrected chi connectivity index (χ3v) is 2.20. The molecular weight excluding hydrogens is 164 g/mol. The van der Waals surface area contributed by atoms with E-state index in [1.165, 1.54) is 12.8 Å². The van der Waals surface area contributed by atoms with Gasteiger partial charge in [-0.25, -0.2) is 0 Å². The summed E-state index contributed by atoms with van der Waals surface area (Å²) >= 11 is 0. The Kier molecular flexibility index (Phi) is 2.13. The van der Waals surface area contributed by atoms with Gasteiger partial charge in [-0.2, -0.15) is 0 Å². The molecule has 1 aromatic rings. The zero-order chi connectivity index (χ0) is 9.26. The molecule has 0 spiro atoms. The molecule has 0 aliphatic heterocycles. The van der Waals surface area contributed by atoms with Gasteiger partial charge in [-0.1, -0.05) is 0 Å². The first-order chi connectivity index (χ1) is 6.29. The van der Waals surface area contributed by atoms with Gasteiger partial charge in [0.05, 0.1) is 13.2 Å². The molecule has 1 saturated carbocycles. The Balaban J connectivity index is 2.15. The van der Waals surface area contributed by atoms with Gasteiger partial charge in [0, 0.05) is 0 Å². The maximum atomic E-state index is 5.70. The van der Waals surface area contributed by atoms with Crippen molar-refractivity contribution in [2.45, 2.75) is 25.9 Å². The Hall–Kier alpha value is -1.18. The molecule has 1 fully saturated rings. The topological polar surface area (TPSA) is 18.5 Å². The Morgan fingerprint density at radius 3 is 2.62 bits per heavy atom. The lowest BCUT2D eigenvalue weighted by Crippen LogP contribution is -1.97. The van der Waals surface area contributed by atoms with Crippen molar-refractivity contribution < 1.29 is 9.47 Å². The number of methoxy groups -OCH3 is 1. The molecule has 2 rings (SSSR count). The number of hydrogen-bond donors (Lipinski definition) is 0. The van der Waals surface area contributed by atoms with E-state index in [1.54, 1.807) is 7.11 Å². The average molecular weight is 178 g/mol. The van der Waals surface area contributed by atoms with Gasteiger partial charge in [-0.3, -0.25) is 0 Å². The minimum Gasteiger partial charge on any atom is -0.497 e. The van der Waals surface area contributed by atoms with Crippen molar-refractivity contribution in [3.63, 3.8) is 0 Å². The highest BCUT2D eigenvalue weighted by atomic mass is 16.5. The van der Waals surface area contributed by atoms with E-state index in [0.717, 1.165) is 17.1 Å². The second-order valence-corrected chi connectivity index (χ2v) is 3.45. The summed E-state index contributed by atoms with van der Waals surface area (Å²) in [6.07, 6.45) is 2.86. The van der Waals surface area contributed by atoms with Gasteiger partial charge in [0.1, 0.15) is 11.5 Å². The molecule has 0 radical (unpaired) electrons. The second kappa shape index (κ2) is 3.29. The fraction of sp³-hybridized carbons (Fsp3) is 0.455. The van der Waals surface area contributed by atoms with Crippen molar-refractivity contribution in [2.24, 2.45) is 0 Å². The van der Waals surface area contributed by atoms with Crippen LogP contribution in [0.5, 0.6) is 11.5 Å². The number of hydrogen-bond acceptors (Lipinski definition) is 2. The first-order valence-electron chi connectivity index (χ1n) is 4.61. The molecular formula is C11H14O2. The molecule has 1 aromatic carbocycles. The number of ether oxygens (including phenoxy) is 2. The maximum absolute atomic E-state index is 5.70. The molecule has 0 saturated heterocycles. The Labute approximate surface area is 78.5 Å². The summed E-state index contributed by atoms with van der Waals surface area (Å²) in [6.45, 7) is 2.04. The molecule has 0 atom stereocenters. The lowest BCUT2D eigenvalue weighted by molar-refractivity contribution is 0.300. The molecule has 1 aliphatic carbocycles. The molecule has 1 aliphatic rings. The van der Waals surface area contributed by atoms with Gasteiger partial charge in [0.25, 0.3) is 0 Å². The molecule has 0 N–H and O–H groups in total. The van der Waals surface area contributed by atoms with Crippen LogP contribution in [0.15, 0.2) is 18.2 Å². The van der Waals surface area contributed by atoms with Crippen molar-refractivity contribution >= 4 is 0 Å². The standard InChI is InChI=1S/C11H14O2/c1-8-7-10(12-2)5-6-11(8)13-9-3-4-9/h5-7,9H,3-4H2,1-2H3. The number of rotatable bonds is 3. The molecule has 0 heterocycles. The first-order valence-corrected chi connectivity index (χ1v) is 4.61. The van der Waals surface area contributed by atoms with Crippen LogP contribution in [-0.4, -0.2) is 13.2 Å². The molecule has 2 nitrogen and oxygen atoms in total. The summed E-state index contributed by atoms with van der Waals surface area (Å²) in [7, 11) is 1.68. The van der Waals surface area contributed by atoms with Gasteiger partial charge >= 0.3 is 0 Å². The van der Waals surface area contributed by atoms with Gasteiger partial charge in [-0.05, 0) is 43.5 Å². The predicted octanol–water partition coefficient (Wildman–Crippen LogP) is 2.54. The van der Waals surface area contributed by atoms with Crippen molar-refractivity contribution in [3.05, 3.63) is 23.8 Å². The third kappa shape index (κ3) is 1.94. The molecule has 0 amide bonds. The Morgan fingerprint density at radius 1 is 1.31 bits per heavy atom. The van der Waals surface area contributed by atoms with Gasteiger partial charge in [-0.15, -0.1) is 0 Å². The highest BCUT2D eigenvalue weighted by Gasteiger charge is 2.23. The minimum atomic E-state index is 0.465. The summed E-state index contributed by atoms with van der Waals surface area (Å²) in [4.78, 5) is 0. The van der Waals surface area contributed by atoms with Crippen LogP contribution in [0, 0.1) is 6.92 Å². The van der Waals surface area contributed by atoms with Gasteiger partial charge in [0.15, 0.2) is 0 Å². The first kappa shape index (κ1) is 8.42. The van der Waals surface area contributed by atoms with E-state index in [-0.39, 0.29) is 0 Å². The number of aryl methyl sites for hydroxylation is 1. The van der Waals surface area contributed by atoms with E-state index in [9.17, 15) is 0 Å². The van der Waals surface area contributed by atoms with Crippen LogP contribution < -0.4 is 9.47 Å². The van der Waals surface area contributed by atoms with Crippen molar-refractivity contribution in [2.75, 3.05) is 7.11 Å². The maximum Gasteiger partial charge on any atom is 0.122 e. The largest absolute Gasteiger partial charge is 0.497 e. The zero-order valence-electron chi connectivity index (χ0n) is 8.04. The van der Waals surface area contributed by atoms with Gasteiger partial charge < -0.3 is 9.47 Å². The lowest BCUT2D eigenvalue weighted by atomic mass is 10.2. The molecule has 0 unspecified atom stereocenters. The fourth-order valence-corrected chi connectivity index (χ4v) is 1.25. The summed E-state index contributed by atoms with van der Waals surface area (Å²) in [5, 5.41) is 0. The van der Waals surface area contributed by atoms with Crippen LogP contribution in [-0.2, 0) is 0 Å². The Morgan fingerprint density at radius 2 is 2.08 bits per heavy atom. The van der Waals surface area contributed by atoms with E-state index in [2.05, 4.69) is 0 Å². The van der Waals surface area contributed by atoms with Crippen LogP contribution in [0.25, 0.3) is 0 Å². The quantitative estimate of drug-likeness (QED) is 0.708. The normalized spacial score (nSPS) is 15.5. The lowest BCUT2D eigenvalue weighted by Gasteiger charge is -2.08. The van der Waals surface area contributed by atoms with Crippen LogP contribution in [0.1, 0.15) is 18.4 Å². The molecule has 0 aromatic heterocycles. The van der Waals surface area contributed by atoms with E-state index in [1.807, 2.05) is 25.1 Å². The number of benzene rings is 1. The van der Waals surface area contributed by atoms with Crippen molar-refractivity contribution in [3.8, 4) is 11.5 Å². The van der Waals surface area contributed by atoms with Crippen LogP contribution in [0.4, 0.5) is 0 Å². The highest BCUT2D eigenvalue weighted by molar-refractivity contribution is 5.39. The molecule has 70 valence electrons. The van der Waals surface area contributed by atoms with E-state index in [4.69, 9.17) is 9.47 Å². The average Bonchev–Trinajstić information content (AvgIpc) is 2.92. The van der Waals surface area contributed by atoms with Crippen LogP contribution in [0.3, 0.4) is 0 Å². The molecule has 13 heavy (non-hydrogen) atoms. The molecule has 2 heteroatoms. The van der Waals surface area contributed by atoms with E-state index >= 15 is 0 Å². The summed E-state index contributed by atoms with van der Waals surface area (Å²) < 4.78 is 10.8. The molecule has 0 bridgehead atoms. The summed E-state index contributed by atoms with van der Waals surface area (Å²) in [6, 6.07) is 5.91. The highest BCUT2D eigenvalue weighted by Crippen LogP contribution is 2.30. The predicted molar refractivity (Wildman–Crippen MR) is 51.4 cm³/mol. The van der Waals surface area contributed by atoms with Crippen molar-refractivity contribution in [1.82, 2.24) is 0 Å². The smallest absolute Gasteiger partial charge is 0.122 e. The fourth-order valence-electron chi connectivity index (χ4n) is 1.25. The van der Waals surface area contributed by atoms with Crippen LogP contribution in [0.2, 0.25) is 0 Å². The second-order valence-electron chi connectivity index (χ2n) is 3.45. The van der Waals surface area contributed by atoms with E-state index < -0.39 is 0 Å². The van der Waals surface area contributed by atoms with E-state index in [0.29, 0.717) is 6.10 Å². The third-order valence-electron chi connectivity index (χ3n) is 2.20. The van der Waals surface area contributed by atoms with Gasteiger partial charge in [0.2, 0.25) is 0 Å². The summed E-state index contributed by atoms with van der Waals surface area (Å²) in [5.74, 6) is 1.88. The van der Waals surface area contributed by atoms with Crippen LogP contribution >= 0.6 is 0 Å². The Bertz CT molecular complexity index is 303. The van der Waals surface area contributed by atoms with Crippen molar-refractivity contribution in [1.29, 1.82) is 0 Å².